The number of rotatable bonds is 5. The third-order valence-electron chi connectivity index (χ3n) is 3.75. The molecule has 0 radical (unpaired) electrons. The molecular weight excluding hydrogens is 288 g/mol. The van der Waals surface area contributed by atoms with E-state index in [0.29, 0.717) is 18.0 Å². The largest absolute Gasteiger partial charge is 0.348 e. The maximum atomic E-state index is 12.1. The number of halogens is 1. The van der Waals surface area contributed by atoms with Crippen molar-refractivity contribution < 1.29 is 9.59 Å². The summed E-state index contributed by atoms with van der Waals surface area (Å²) in [6.07, 6.45) is 3.24. The summed E-state index contributed by atoms with van der Waals surface area (Å²) in [4.78, 5) is 25.5. The van der Waals surface area contributed by atoms with E-state index in [2.05, 4.69) is 5.32 Å². The van der Waals surface area contributed by atoms with Crippen molar-refractivity contribution in [2.75, 3.05) is 13.1 Å². The zero-order valence-electron chi connectivity index (χ0n) is 12.3. The summed E-state index contributed by atoms with van der Waals surface area (Å²) in [5.74, 6) is -0.0377. The van der Waals surface area contributed by atoms with Crippen LogP contribution in [0.1, 0.15) is 44.2 Å². The van der Waals surface area contributed by atoms with Gasteiger partial charge in [-0.05, 0) is 37.0 Å². The molecule has 0 spiro atoms. The topological polar surface area (TPSA) is 49.4 Å². The molecule has 1 aliphatic rings. The number of nitrogens with one attached hydrogen (secondary N) is 1. The molecule has 21 heavy (non-hydrogen) atoms. The van der Waals surface area contributed by atoms with Gasteiger partial charge in [0.1, 0.15) is 0 Å². The first-order valence-electron chi connectivity index (χ1n) is 7.42. The highest BCUT2D eigenvalue weighted by atomic mass is 35.5. The Bertz CT molecular complexity index is 519. The molecule has 2 amide bonds. The van der Waals surface area contributed by atoms with Crippen molar-refractivity contribution in [3.63, 3.8) is 0 Å². The van der Waals surface area contributed by atoms with Crippen molar-refractivity contribution in [1.82, 2.24) is 10.2 Å². The Balaban J connectivity index is 1.95. The number of benzene rings is 1. The third-order valence-corrected chi connectivity index (χ3v) is 3.99. The van der Waals surface area contributed by atoms with E-state index in [0.717, 1.165) is 24.8 Å². The van der Waals surface area contributed by atoms with E-state index in [-0.39, 0.29) is 24.4 Å². The van der Waals surface area contributed by atoms with Gasteiger partial charge in [-0.25, -0.2) is 0 Å². The number of likely N-dealkylation sites (tertiary alicyclic amines) is 1. The Morgan fingerprint density at radius 1 is 1.43 bits per heavy atom. The summed E-state index contributed by atoms with van der Waals surface area (Å²) in [7, 11) is 0. The molecule has 0 aliphatic carbocycles. The molecule has 4 nitrogen and oxygen atoms in total. The molecule has 114 valence electrons. The van der Waals surface area contributed by atoms with E-state index in [1.54, 1.807) is 4.90 Å². The Morgan fingerprint density at radius 3 is 2.90 bits per heavy atom. The Morgan fingerprint density at radius 2 is 2.24 bits per heavy atom. The zero-order chi connectivity index (χ0) is 15.2. The van der Waals surface area contributed by atoms with Crippen LogP contribution in [0.25, 0.3) is 0 Å². The van der Waals surface area contributed by atoms with Crippen molar-refractivity contribution in [1.29, 1.82) is 0 Å². The van der Waals surface area contributed by atoms with Crippen molar-refractivity contribution in [2.24, 2.45) is 0 Å². The van der Waals surface area contributed by atoms with Crippen LogP contribution in [0.4, 0.5) is 0 Å². The summed E-state index contributed by atoms with van der Waals surface area (Å²) in [5.41, 5.74) is 0.989. The van der Waals surface area contributed by atoms with Gasteiger partial charge < -0.3 is 10.2 Å². The lowest BCUT2D eigenvalue weighted by molar-refractivity contribution is -0.138. The molecule has 1 atom stereocenters. The lowest BCUT2D eigenvalue weighted by Crippen LogP contribution is -2.43. The maximum Gasteiger partial charge on any atom is 0.240 e. The highest BCUT2D eigenvalue weighted by Crippen LogP contribution is 2.20. The summed E-state index contributed by atoms with van der Waals surface area (Å²) >= 11 is 5.99. The summed E-state index contributed by atoms with van der Waals surface area (Å²) in [6.45, 7) is 2.84. The third kappa shape index (κ3) is 4.46. The average Bonchev–Trinajstić information content (AvgIpc) is 2.47. The molecule has 2 rings (SSSR count). The van der Waals surface area contributed by atoms with Gasteiger partial charge in [0.15, 0.2) is 0 Å². The highest BCUT2D eigenvalue weighted by Gasteiger charge is 2.21. The van der Waals surface area contributed by atoms with Gasteiger partial charge in [0, 0.05) is 18.0 Å². The standard InChI is InChI=1S/C16H21ClN2O2/c1-2-14(12-6-5-7-13(17)10-12)18-15(20)11-19-9-4-3-8-16(19)21/h5-7,10,14H,2-4,8-9,11H2,1H3,(H,18,20)/t14-/m1/s1. The SMILES string of the molecule is CC[C@@H](NC(=O)CN1CCCCC1=O)c1cccc(Cl)c1. The van der Waals surface area contributed by atoms with E-state index < -0.39 is 0 Å². The molecule has 0 aromatic heterocycles. The Labute approximate surface area is 130 Å². The van der Waals surface area contributed by atoms with E-state index in [1.165, 1.54) is 0 Å². The monoisotopic (exact) mass is 308 g/mol. The Hall–Kier alpha value is -1.55. The van der Waals surface area contributed by atoms with Crippen LogP contribution >= 0.6 is 11.6 Å². The molecule has 1 fully saturated rings. The first-order chi connectivity index (χ1) is 10.1. The van der Waals surface area contributed by atoms with Gasteiger partial charge in [-0.15, -0.1) is 0 Å². The molecule has 1 aromatic rings. The lowest BCUT2D eigenvalue weighted by atomic mass is 10.0. The zero-order valence-corrected chi connectivity index (χ0v) is 13.0. The summed E-state index contributed by atoms with van der Waals surface area (Å²) in [6, 6.07) is 7.43. The fourth-order valence-corrected chi connectivity index (χ4v) is 2.79. The number of hydrogen-bond donors (Lipinski definition) is 1. The number of carbonyl (C=O) groups is 2. The molecule has 1 aromatic carbocycles. The highest BCUT2D eigenvalue weighted by molar-refractivity contribution is 6.30. The second-order valence-electron chi connectivity index (χ2n) is 5.36. The molecule has 1 heterocycles. The van der Waals surface area contributed by atoms with Crippen LogP contribution in [-0.2, 0) is 9.59 Å². The van der Waals surface area contributed by atoms with Crippen LogP contribution in [0.3, 0.4) is 0 Å². The fraction of sp³-hybridized carbons (Fsp3) is 0.500. The molecular formula is C16H21ClN2O2. The van der Waals surface area contributed by atoms with Crippen LogP contribution in [0.15, 0.2) is 24.3 Å². The quantitative estimate of drug-likeness (QED) is 0.909. The molecule has 1 saturated heterocycles. The van der Waals surface area contributed by atoms with Crippen molar-refractivity contribution >= 4 is 23.4 Å². The van der Waals surface area contributed by atoms with Gasteiger partial charge in [-0.1, -0.05) is 30.7 Å². The van der Waals surface area contributed by atoms with Crippen LogP contribution in [-0.4, -0.2) is 29.8 Å². The average molecular weight is 309 g/mol. The second-order valence-corrected chi connectivity index (χ2v) is 5.79. The van der Waals surface area contributed by atoms with Gasteiger partial charge in [-0.3, -0.25) is 9.59 Å². The van der Waals surface area contributed by atoms with Gasteiger partial charge in [0.25, 0.3) is 0 Å². The Kier molecular flexibility index (Phi) is 5.62. The number of amides is 2. The number of carbonyl (C=O) groups excluding carboxylic acids is 2. The van der Waals surface area contributed by atoms with Crippen molar-refractivity contribution in [3.8, 4) is 0 Å². The van der Waals surface area contributed by atoms with E-state index in [9.17, 15) is 9.59 Å². The van der Waals surface area contributed by atoms with Crippen LogP contribution in [0.2, 0.25) is 5.02 Å². The minimum absolute atomic E-state index is 0.0731. The van der Waals surface area contributed by atoms with Crippen LogP contribution < -0.4 is 5.32 Å². The molecule has 0 unspecified atom stereocenters. The number of nitrogens with zero attached hydrogens (tertiary/aromatic N) is 1. The summed E-state index contributed by atoms with van der Waals surface area (Å²) < 4.78 is 0. The normalized spacial score (nSPS) is 16.7. The predicted molar refractivity (Wildman–Crippen MR) is 83.1 cm³/mol. The second kappa shape index (κ2) is 7.46. The number of hydrogen-bond acceptors (Lipinski definition) is 2. The minimum Gasteiger partial charge on any atom is -0.348 e. The molecule has 0 saturated carbocycles. The minimum atomic E-state index is -0.114. The molecule has 1 N–H and O–H groups in total. The van der Waals surface area contributed by atoms with E-state index in [4.69, 9.17) is 11.6 Å². The smallest absolute Gasteiger partial charge is 0.240 e. The van der Waals surface area contributed by atoms with Crippen LogP contribution in [0.5, 0.6) is 0 Å². The summed E-state index contributed by atoms with van der Waals surface area (Å²) in [5, 5.41) is 3.65. The van der Waals surface area contributed by atoms with E-state index >= 15 is 0 Å². The predicted octanol–water partition coefficient (Wildman–Crippen LogP) is 2.92. The molecule has 0 bridgehead atoms. The van der Waals surface area contributed by atoms with Gasteiger partial charge in [0.05, 0.1) is 12.6 Å². The van der Waals surface area contributed by atoms with E-state index in [1.807, 2.05) is 31.2 Å². The maximum absolute atomic E-state index is 12.1. The first-order valence-corrected chi connectivity index (χ1v) is 7.80. The lowest BCUT2D eigenvalue weighted by Gasteiger charge is -2.27. The molecule has 5 heteroatoms. The molecule has 1 aliphatic heterocycles. The first kappa shape index (κ1) is 15.8. The van der Waals surface area contributed by atoms with Gasteiger partial charge >= 0.3 is 0 Å². The van der Waals surface area contributed by atoms with Crippen molar-refractivity contribution in [3.05, 3.63) is 34.9 Å². The van der Waals surface area contributed by atoms with Crippen molar-refractivity contribution in [2.45, 2.75) is 38.6 Å². The van der Waals surface area contributed by atoms with Gasteiger partial charge in [0.2, 0.25) is 11.8 Å². The fourth-order valence-electron chi connectivity index (χ4n) is 2.59. The number of piperidine rings is 1. The van der Waals surface area contributed by atoms with Gasteiger partial charge in [-0.2, -0.15) is 0 Å². The van der Waals surface area contributed by atoms with Crippen LogP contribution in [0, 0.1) is 0 Å².